The van der Waals surface area contributed by atoms with Crippen molar-refractivity contribution in [2.75, 3.05) is 13.6 Å². The molecule has 2 amide bonds. The topological polar surface area (TPSA) is 92.2 Å². The minimum Gasteiger partial charge on any atom is -0.343 e. The first-order valence-corrected chi connectivity index (χ1v) is 13.2. The molecule has 0 bridgehead atoms. The summed E-state index contributed by atoms with van der Waals surface area (Å²) in [5.41, 5.74) is 1.93. The van der Waals surface area contributed by atoms with Gasteiger partial charge in [-0.05, 0) is 63.1 Å². The number of amides is 2. The Hall–Kier alpha value is -3.26. The van der Waals surface area contributed by atoms with Crippen molar-refractivity contribution in [2.24, 2.45) is 5.92 Å². The summed E-state index contributed by atoms with van der Waals surface area (Å²) in [4.78, 5) is 37.9. The Labute approximate surface area is 212 Å². The maximum absolute atomic E-state index is 14.0. The number of likely N-dealkylation sites (tertiary alicyclic amines) is 1. The third kappa shape index (κ3) is 4.87. The van der Waals surface area contributed by atoms with Gasteiger partial charge < -0.3 is 20.1 Å². The van der Waals surface area contributed by atoms with Crippen LogP contribution in [0.5, 0.6) is 0 Å². The van der Waals surface area contributed by atoms with Crippen molar-refractivity contribution < 1.29 is 9.59 Å². The Morgan fingerprint density at radius 3 is 2.64 bits per heavy atom. The first kappa shape index (κ1) is 24.4. The summed E-state index contributed by atoms with van der Waals surface area (Å²) < 4.78 is 2.06. The number of hydrogen-bond donors (Lipinski definition) is 2. The van der Waals surface area contributed by atoms with Crippen molar-refractivity contribution in [2.45, 2.75) is 70.0 Å². The zero-order valence-corrected chi connectivity index (χ0v) is 21.2. The molecule has 1 aliphatic carbocycles. The lowest BCUT2D eigenvalue weighted by Crippen LogP contribution is -2.55. The Bertz CT molecular complexity index is 1220. The lowest BCUT2D eigenvalue weighted by atomic mass is 9.83. The van der Waals surface area contributed by atoms with Gasteiger partial charge in [-0.1, -0.05) is 37.5 Å². The summed E-state index contributed by atoms with van der Waals surface area (Å²) in [7, 11) is 1.76. The first-order chi connectivity index (χ1) is 17.6. The molecule has 3 atom stereocenters. The summed E-state index contributed by atoms with van der Waals surface area (Å²) >= 11 is 0. The van der Waals surface area contributed by atoms with E-state index in [1.807, 2.05) is 36.2 Å². The number of fused-ring (bicyclic) bond motifs is 1. The van der Waals surface area contributed by atoms with Crippen molar-refractivity contribution in [3.8, 4) is 5.82 Å². The van der Waals surface area contributed by atoms with E-state index < -0.39 is 6.04 Å². The number of nitrogens with one attached hydrogen (secondary N) is 2. The Morgan fingerprint density at radius 2 is 1.83 bits per heavy atom. The molecule has 0 radical (unpaired) electrons. The van der Waals surface area contributed by atoms with Crippen LogP contribution in [0.4, 0.5) is 0 Å². The second-order valence-corrected chi connectivity index (χ2v) is 10.1. The van der Waals surface area contributed by atoms with Gasteiger partial charge in [-0.3, -0.25) is 9.59 Å². The molecular formula is C28H36N6O2. The van der Waals surface area contributed by atoms with Gasteiger partial charge in [0.15, 0.2) is 0 Å². The molecule has 3 heterocycles. The van der Waals surface area contributed by atoms with Crippen LogP contribution >= 0.6 is 0 Å². The molecule has 5 rings (SSSR count). The molecule has 1 saturated heterocycles. The van der Waals surface area contributed by atoms with Crippen LogP contribution in [0.15, 0.2) is 48.9 Å². The van der Waals surface area contributed by atoms with E-state index >= 15 is 0 Å². The molecule has 1 aliphatic heterocycles. The lowest BCUT2D eigenvalue weighted by Gasteiger charge is -2.35. The van der Waals surface area contributed by atoms with Crippen LogP contribution in [0.3, 0.4) is 0 Å². The molecule has 2 fully saturated rings. The SMILES string of the molecule is CNC(C)C(=O)N[C@H](C(=O)N1CCCC1c1cc(-n2ccc3ccccc32)ncn1)C1CCCCC1. The molecule has 1 aromatic carbocycles. The van der Waals surface area contributed by atoms with Crippen molar-refractivity contribution in [1.82, 2.24) is 30.1 Å². The number of rotatable bonds is 7. The largest absolute Gasteiger partial charge is 0.343 e. The highest BCUT2D eigenvalue weighted by atomic mass is 16.2. The van der Waals surface area contributed by atoms with Crippen molar-refractivity contribution >= 4 is 22.7 Å². The van der Waals surface area contributed by atoms with E-state index in [9.17, 15) is 9.59 Å². The summed E-state index contributed by atoms with van der Waals surface area (Å²) in [6, 6.07) is 11.3. The third-order valence-corrected chi connectivity index (χ3v) is 7.91. The number of carbonyl (C=O) groups is 2. The zero-order chi connectivity index (χ0) is 25.1. The molecule has 0 spiro atoms. The number of hydrogen-bond acceptors (Lipinski definition) is 5. The molecule has 190 valence electrons. The Morgan fingerprint density at radius 1 is 1.03 bits per heavy atom. The molecule has 2 unspecified atom stereocenters. The summed E-state index contributed by atoms with van der Waals surface area (Å²) in [6.07, 6.45) is 10.7. The molecule has 2 aliphatic rings. The Kier molecular flexibility index (Phi) is 7.32. The first-order valence-electron chi connectivity index (χ1n) is 13.2. The van der Waals surface area contributed by atoms with E-state index in [1.54, 1.807) is 13.4 Å². The standard InChI is InChI=1S/C28H36N6O2/c1-19(29-2)27(35)32-26(21-10-4-3-5-11-21)28(36)34-15-8-13-24(34)22-17-25(31-18-30-22)33-16-14-20-9-6-7-12-23(20)33/h6-7,9,12,14,16-19,21,24,26,29H,3-5,8,10-11,13,15H2,1-2H3,(H,32,35)/t19?,24?,26-/m0/s1. The van der Waals surface area contributed by atoms with E-state index in [0.29, 0.717) is 6.54 Å². The number of likely N-dealkylation sites (N-methyl/N-ethyl adjacent to an activating group) is 1. The van der Waals surface area contributed by atoms with E-state index in [2.05, 4.69) is 43.4 Å². The van der Waals surface area contributed by atoms with Crippen molar-refractivity contribution in [3.05, 3.63) is 54.6 Å². The minimum atomic E-state index is -0.496. The number of nitrogens with zero attached hydrogens (tertiary/aromatic N) is 4. The number of carbonyl (C=O) groups excluding carboxylic acids is 2. The average molecular weight is 489 g/mol. The average Bonchev–Trinajstić information content (AvgIpc) is 3.59. The predicted octanol–water partition coefficient (Wildman–Crippen LogP) is 3.76. The number of benzene rings is 1. The molecule has 36 heavy (non-hydrogen) atoms. The summed E-state index contributed by atoms with van der Waals surface area (Å²) in [5.74, 6) is 0.863. The third-order valence-electron chi connectivity index (χ3n) is 7.91. The molecule has 8 nitrogen and oxygen atoms in total. The zero-order valence-electron chi connectivity index (χ0n) is 21.2. The minimum absolute atomic E-state index is 0.0210. The van der Waals surface area contributed by atoms with Crippen LogP contribution < -0.4 is 10.6 Å². The maximum Gasteiger partial charge on any atom is 0.246 e. The van der Waals surface area contributed by atoms with Gasteiger partial charge >= 0.3 is 0 Å². The van der Waals surface area contributed by atoms with Crippen LogP contribution in [-0.4, -0.2) is 56.9 Å². The van der Waals surface area contributed by atoms with Crippen LogP contribution in [0, 0.1) is 5.92 Å². The van der Waals surface area contributed by atoms with Gasteiger partial charge in [-0.2, -0.15) is 0 Å². The molecule has 1 saturated carbocycles. The van der Waals surface area contributed by atoms with Gasteiger partial charge in [0.05, 0.1) is 23.3 Å². The van der Waals surface area contributed by atoms with Gasteiger partial charge in [0.2, 0.25) is 11.8 Å². The highest BCUT2D eigenvalue weighted by molar-refractivity contribution is 5.90. The normalized spacial score (nSPS) is 20.4. The maximum atomic E-state index is 14.0. The highest BCUT2D eigenvalue weighted by Gasteiger charge is 2.39. The fourth-order valence-corrected chi connectivity index (χ4v) is 5.73. The second-order valence-electron chi connectivity index (χ2n) is 10.1. The molecular weight excluding hydrogens is 452 g/mol. The fourth-order valence-electron chi connectivity index (χ4n) is 5.73. The van der Waals surface area contributed by atoms with Crippen molar-refractivity contribution in [1.29, 1.82) is 0 Å². The van der Waals surface area contributed by atoms with Crippen LogP contribution in [-0.2, 0) is 9.59 Å². The lowest BCUT2D eigenvalue weighted by molar-refractivity contribution is -0.139. The molecule has 2 aromatic heterocycles. The smallest absolute Gasteiger partial charge is 0.246 e. The number of aromatic nitrogens is 3. The molecule has 3 aromatic rings. The van der Waals surface area contributed by atoms with Crippen LogP contribution in [0.2, 0.25) is 0 Å². The second kappa shape index (κ2) is 10.8. The van der Waals surface area contributed by atoms with E-state index in [4.69, 9.17) is 0 Å². The van der Waals surface area contributed by atoms with Crippen LogP contribution in [0.25, 0.3) is 16.7 Å². The number of para-hydroxylation sites is 1. The van der Waals surface area contributed by atoms with Gasteiger partial charge in [-0.15, -0.1) is 0 Å². The predicted molar refractivity (Wildman–Crippen MR) is 140 cm³/mol. The summed E-state index contributed by atoms with van der Waals surface area (Å²) in [6.45, 7) is 2.50. The van der Waals surface area contributed by atoms with E-state index in [1.165, 1.54) is 6.42 Å². The molecule has 2 N–H and O–H groups in total. The molecule has 8 heteroatoms. The van der Waals surface area contributed by atoms with Gasteiger partial charge in [0.25, 0.3) is 0 Å². The fraction of sp³-hybridized carbons (Fsp3) is 0.500. The highest BCUT2D eigenvalue weighted by Crippen LogP contribution is 2.35. The van der Waals surface area contributed by atoms with Crippen molar-refractivity contribution in [3.63, 3.8) is 0 Å². The van der Waals surface area contributed by atoms with Gasteiger partial charge in [0.1, 0.15) is 18.2 Å². The summed E-state index contributed by atoms with van der Waals surface area (Å²) in [5, 5.41) is 7.25. The quantitative estimate of drug-likeness (QED) is 0.528. The Balaban J connectivity index is 1.41. The van der Waals surface area contributed by atoms with Crippen LogP contribution in [0.1, 0.15) is 63.6 Å². The van der Waals surface area contributed by atoms with Gasteiger partial charge in [-0.25, -0.2) is 9.97 Å². The van der Waals surface area contributed by atoms with E-state index in [0.717, 1.165) is 60.9 Å². The monoisotopic (exact) mass is 488 g/mol. The van der Waals surface area contributed by atoms with E-state index in [-0.39, 0.29) is 29.8 Å². The van der Waals surface area contributed by atoms with Gasteiger partial charge in [0, 0.05) is 18.8 Å².